The number of thiazole rings is 1. The van der Waals surface area contributed by atoms with Crippen LogP contribution < -0.4 is 5.32 Å². The number of nitrogens with zero attached hydrogens (tertiary/aromatic N) is 3. The summed E-state index contributed by atoms with van der Waals surface area (Å²) >= 11 is 2.95. The summed E-state index contributed by atoms with van der Waals surface area (Å²) in [4.78, 5) is 48.1. The lowest BCUT2D eigenvalue weighted by atomic mass is 9.84. The Morgan fingerprint density at radius 1 is 0.907 bits per heavy atom. The summed E-state index contributed by atoms with van der Waals surface area (Å²) < 4.78 is 1.74. The van der Waals surface area contributed by atoms with E-state index in [1.165, 1.54) is 60.8 Å². The molecule has 4 aromatic rings. The highest BCUT2D eigenvalue weighted by atomic mass is 32.2. The quantitative estimate of drug-likeness (QED) is 0.171. The zero-order valence-electron chi connectivity index (χ0n) is 24.4. The Hall–Kier alpha value is -3.53. The largest absolute Gasteiger partial charge is 0.336 e. The fourth-order valence-electron chi connectivity index (χ4n) is 5.88. The number of amides is 2. The van der Waals surface area contributed by atoms with E-state index >= 15 is 0 Å². The summed E-state index contributed by atoms with van der Waals surface area (Å²) in [6, 6.07) is 20.8. The molecule has 6 rings (SSSR count). The average Bonchev–Trinajstić information content (AvgIpc) is 3.46. The van der Waals surface area contributed by atoms with Crippen LogP contribution in [-0.2, 0) is 0 Å². The van der Waals surface area contributed by atoms with Gasteiger partial charge in [-0.05, 0) is 61.7 Å². The molecule has 222 valence electrons. The lowest BCUT2D eigenvalue weighted by molar-refractivity contribution is 0.0660. The molecule has 1 N–H and O–H groups in total. The molecule has 2 amide bonds. The van der Waals surface area contributed by atoms with Gasteiger partial charge in [0, 0.05) is 37.4 Å². The maximum absolute atomic E-state index is 13.3. The summed E-state index contributed by atoms with van der Waals surface area (Å²) in [6.07, 6.45) is 6.42. The summed E-state index contributed by atoms with van der Waals surface area (Å²) in [5.41, 5.74) is 4.31. The molecular weight excluding hydrogens is 577 g/mol. The first-order valence-corrected chi connectivity index (χ1v) is 16.8. The van der Waals surface area contributed by atoms with Crippen molar-refractivity contribution in [1.29, 1.82) is 0 Å². The predicted molar refractivity (Wildman–Crippen MR) is 175 cm³/mol. The predicted octanol–water partition coefficient (Wildman–Crippen LogP) is 6.96. The van der Waals surface area contributed by atoms with Crippen LogP contribution in [0.5, 0.6) is 0 Å². The highest BCUT2D eigenvalue weighted by Gasteiger charge is 2.24. The van der Waals surface area contributed by atoms with Crippen LogP contribution in [0.15, 0.2) is 71.1 Å². The van der Waals surface area contributed by atoms with Gasteiger partial charge in [-0.3, -0.25) is 14.4 Å². The van der Waals surface area contributed by atoms with Crippen LogP contribution >= 0.6 is 23.1 Å². The molecule has 1 saturated heterocycles. The molecule has 1 aliphatic heterocycles. The molecule has 2 aliphatic rings. The number of rotatable bonds is 8. The Balaban J connectivity index is 1.08. The second-order valence-electron chi connectivity index (χ2n) is 11.4. The number of Topliss-reactive ketones (excluding diaryl/α,β-unsaturated/α-hetero) is 1. The number of benzene rings is 3. The van der Waals surface area contributed by atoms with Gasteiger partial charge in [0.25, 0.3) is 11.8 Å². The van der Waals surface area contributed by atoms with Crippen molar-refractivity contribution >= 4 is 56.6 Å². The van der Waals surface area contributed by atoms with Crippen LogP contribution in [0.3, 0.4) is 0 Å². The minimum absolute atomic E-state index is 0.0946. The summed E-state index contributed by atoms with van der Waals surface area (Å²) in [5.74, 6) is 0.607. The van der Waals surface area contributed by atoms with Crippen LogP contribution in [0.1, 0.15) is 74.7 Å². The van der Waals surface area contributed by atoms with Crippen molar-refractivity contribution in [3.8, 4) is 0 Å². The number of hydrogen-bond donors (Lipinski definition) is 1. The van der Waals surface area contributed by atoms with Crippen LogP contribution in [-0.4, -0.2) is 71.4 Å². The fourth-order valence-corrected chi connectivity index (χ4v) is 7.88. The number of hydrogen-bond acceptors (Lipinski definition) is 7. The molecule has 3 aromatic carbocycles. The topological polar surface area (TPSA) is 82.6 Å². The van der Waals surface area contributed by atoms with Crippen molar-refractivity contribution in [3.05, 3.63) is 89.0 Å². The number of ketones is 1. The Labute approximate surface area is 260 Å². The Kier molecular flexibility index (Phi) is 9.21. The number of carbonyl (C=O) groups is 3. The van der Waals surface area contributed by atoms with Crippen LogP contribution in [0.2, 0.25) is 0 Å². The number of thioether (sulfide) groups is 1. The van der Waals surface area contributed by atoms with Crippen LogP contribution in [0, 0.1) is 0 Å². The molecule has 43 heavy (non-hydrogen) atoms. The second kappa shape index (κ2) is 13.4. The number of fused-ring (bicyclic) bond motifs is 1. The van der Waals surface area contributed by atoms with Gasteiger partial charge in [0.2, 0.25) is 0 Å². The van der Waals surface area contributed by atoms with Crippen LogP contribution in [0.4, 0.5) is 5.69 Å². The molecule has 2 fully saturated rings. The summed E-state index contributed by atoms with van der Waals surface area (Å²) in [6.45, 7) is 2.92. The molecule has 1 saturated carbocycles. The van der Waals surface area contributed by atoms with Crippen molar-refractivity contribution in [2.45, 2.75) is 42.4 Å². The minimum atomic E-state index is -0.323. The van der Waals surface area contributed by atoms with E-state index in [0.717, 1.165) is 33.2 Å². The molecule has 7 nitrogen and oxygen atoms in total. The summed E-state index contributed by atoms with van der Waals surface area (Å²) in [5, 5.41) is 2.96. The van der Waals surface area contributed by atoms with Gasteiger partial charge < -0.3 is 15.1 Å². The smallest absolute Gasteiger partial charge is 0.256 e. The molecule has 1 aliphatic carbocycles. The lowest BCUT2D eigenvalue weighted by Crippen LogP contribution is -2.47. The van der Waals surface area contributed by atoms with E-state index in [0.29, 0.717) is 41.6 Å². The first-order chi connectivity index (χ1) is 20.9. The Bertz CT molecular complexity index is 1620. The van der Waals surface area contributed by atoms with Crippen molar-refractivity contribution in [2.24, 2.45) is 0 Å². The number of aromatic nitrogens is 1. The standard InChI is InChI=1S/C34H36N4O3S2/c1-37-17-19-38(20-18-37)33(41)28-10-6-5-9-27(28)32(40)35-26-15-16-29-31(21-26)43-34(36-29)42-22-30(39)25-13-11-24(12-14-25)23-7-3-2-4-8-23/h5-6,9-16,21,23H,2-4,7-8,17-20,22H2,1H3,(H,35,40). The Morgan fingerprint density at radius 2 is 1.63 bits per heavy atom. The van der Waals surface area contributed by atoms with Crippen LogP contribution in [0.25, 0.3) is 10.2 Å². The normalized spacial score (nSPS) is 16.3. The third-order valence-corrected chi connectivity index (χ3v) is 10.6. The third-order valence-electron chi connectivity index (χ3n) is 8.46. The first-order valence-electron chi connectivity index (χ1n) is 15.0. The van der Waals surface area contributed by atoms with Gasteiger partial charge >= 0.3 is 0 Å². The zero-order valence-corrected chi connectivity index (χ0v) is 26.0. The SMILES string of the molecule is CN1CCN(C(=O)c2ccccc2C(=O)Nc2ccc3nc(SCC(=O)c4ccc(C5CCCCC5)cc4)sc3c2)CC1. The molecule has 0 atom stereocenters. The zero-order chi connectivity index (χ0) is 29.8. The van der Waals surface area contributed by atoms with E-state index in [9.17, 15) is 14.4 Å². The van der Waals surface area contributed by atoms with Gasteiger partial charge in [0.1, 0.15) is 0 Å². The van der Waals surface area contributed by atoms with E-state index in [1.807, 2.05) is 42.3 Å². The van der Waals surface area contributed by atoms with E-state index in [1.54, 1.807) is 24.3 Å². The highest BCUT2D eigenvalue weighted by Crippen LogP contribution is 2.34. The fraction of sp³-hybridized carbons (Fsp3) is 0.353. The maximum atomic E-state index is 13.3. The highest BCUT2D eigenvalue weighted by molar-refractivity contribution is 8.01. The molecule has 1 aromatic heterocycles. The van der Waals surface area contributed by atoms with E-state index < -0.39 is 0 Å². The molecule has 0 bridgehead atoms. The first kappa shape index (κ1) is 29.5. The lowest BCUT2D eigenvalue weighted by Gasteiger charge is -2.32. The maximum Gasteiger partial charge on any atom is 0.256 e. The van der Waals surface area contributed by atoms with E-state index in [4.69, 9.17) is 0 Å². The van der Waals surface area contributed by atoms with Crippen molar-refractivity contribution in [3.63, 3.8) is 0 Å². The van der Waals surface area contributed by atoms with Gasteiger partial charge in [-0.15, -0.1) is 11.3 Å². The molecule has 0 spiro atoms. The van der Waals surface area contributed by atoms with E-state index in [2.05, 4.69) is 27.3 Å². The monoisotopic (exact) mass is 612 g/mol. The third kappa shape index (κ3) is 7.00. The van der Waals surface area contributed by atoms with Crippen molar-refractivity contribution < 1.29 is 14.4 Å². The minimum Gasteiger partial charge on any atom is -0.336 e. The number of carbonyl (C=O) groups excluding carboxylic acids is 3. The van der Waals surface area contributed by atoms with Gasteiger partial charge in [0.15, 0.2) is 10.1 Å². The summed E-state index contributed by atoms with van der Waals surface area (Å²) in [7, 11) is 2.04. The molecular formula is C34H36N4O3S2. The van der Waals surface area contributed by atoms with Gasteiger partial charge in [-0.25, -0.2) is 4.98 Å². The number of nitrogens with one attached hydrogen (secondary N) is 1. The number of likely N-dealkylation sites (N-methyl/N-ethyl adjacent to an activating group) is 1. The number of anilines is 1. The van der Waals surface area contributed by atoms with E-state index in [-0.39, 0.29) is 17.6 Å². The second-order valence-corrected chi connectivity index (χ2v) is 13.7. The number of piperazine rings is 1. The Morgan fingerprint density at radius 3 is 2.37 bits per heavy atom. The van der Waals surface area contributed by atoms with Gasteiger partial charge in [-0.1, -0.05) is 67.4 Å². The van der Waals surface area contributed by atoms with Crippen molar-refractivity contribution in [2.75, 3.05) is 44.3 Å². The molecule has 9 heteroatoms. The van der Waals surface area contributed by atoms with Gasteiger partial charge in [-0.2, -0.15) is 0 Å². The average molecular weight is 613 g/mol. The molecule has 0 unspecified atom stereocenters. The molecule has 0 radical (unpaired) electrons. The molecule has 2 heterocycles. The van der Waals surface area contributed by atoms with Gasteiger partial charge in [0.05, 0.1) is 27.1 Å². The van der Waals surface area contributed by atoms with Crippen molar-refractivity contribution in [1.82, 2.24) is 14.8 Å².